The predicted octanol–water partition coefficient (Wildman–Crippen LogP) is 3.12. The third kappa shape index (κ3) is 3.54. The smallest absolute Gasteiger partial charge is 0.315 e. The molecule has 3 aromatic rings. The van der Waals surface area contributed by atoms with Gasteiger partial charge in [0.15, 0.2) is 0 Å². The van der Waals surface area contributed by atoms with Gasteiger partial charge in [-0.1, -0.05) is 18.2 Å². The minimum absolute atomic E-state index is 0.0617. The first kappa shape index (κ1) is 15.2. The fourth-order valence-corrected chi connectivity index (χ4v) is 2.31. The van der Waals surface area contributed by atoms with E-state index in [1.165, 1.54) is 6.26 Å². The topological polar surface area (TPSA) is 87.6 Å². The van der Waals surface area contributed by atoms with Crippen LogP contribution in [0.5, 0.6) is 0 Å². The maximum atomic E-state index is 11.9. The van der Waals surface area contributed by atoms with Crippen LogP contribution in [0.1, 0.15) is 30.6 Å². The Bertz CT molecular complexity index is 746. The molecule has 6 nitrogen and oxygen atoms in total. The molecule has 0 spiro atoms. The number of aliphatic hydroxyl groups is 1. The van der Waals surface area contributed by atoms with Crippen molar-refractivity contribution in [3.63, 3.8) is 0 Å². The summed E-state index contributed by atoms with van der Waals surface area (Å²) in [5.41, 5.74) is 0.782. The first-order valence-electron chi connectivity index (χ1n) is 7.38. The van der Waals surface area contributed by atoms with E-state index in [0.29, 0.717) is 11.5 Å². The van der Waals surface area contributed by atoms with Crippen LogP contribution in [0.4, 0.5) is 4.79 Å². The average Bonchev–Trinajstić information content (AvgIpc) is 3.21. The number of aliphatic hydroxyl groups excluding tert-OH is 1. The van der Waals surface area contributed by atoms with Crippen molar-refractivity contribution in [3.05, 3.63) is 60.2 Å². The number of furan rings is 2. The summed E-state index contributed by atoms with van der Waals surface area (Å²) in [6.45, 7) is 1.90. The largest absolute Gasteiger partial charge is 0.467 e. The number of fused-ring (bicyclic) bond motifs is 1. The molecule has 2 aromatic heterocycles. The summed E-state index contributed by atoms with van der Waals surface area (Å²) in [4.78, 5) is 11.9. The highest BCUT2D eigenvalue weighted by molar-refractivity contribution is 5.78. The molecule has 0 bridgehead atoms. The van der Waals surface area contributed by atoms with Crippen LogP contribution in [0, 0.1) is 0 Å². The summed E-state index contributed by atoms with van der Waals surface area (Å²) in [5.74, 6) is 1.09. The summed E-state index contributed by atoms with van der Waals surface area (Å²) in [7, 11) is 0. The van der Waals surface area contributed by atoms with E-state index >= 15 is 0 Å². The third-order valence-corrected chi connectivity index (χ3v) is 3.55. The number of carbonyl (C=O) groups excluding carboxylic acids is 1. The number of amides is 2. The van der Waals surface area contributed by atoms with E-state index in [-0.39, 0.29) is 18.6 Å². The molecule has 0 aliphatic heterocycles. The minimum atomic E-state index is -0.878. The van der Waals surface area contributed by atoms with Crippen molar-refractivity contribution >= 4 is 17.0 Å². The quantitative estimate of drug-likeness (QED) is 0.675. The van der Waals surface area contributed by atoms with Crippen molar-refractivity contribution < 1.29 is 18.7 Å². The normalized spacial score (nSPS) is 13.7. The predicted molar refractivity (Wildman–Crippen MR) is 84.8 cm³/mol. The number of urea groups is 1. The fraction of sp³-hybridized carbons (Fsp3) is 0.235. The molecule has 2 heterocycles. The zero-order valence-corrected chi connectivity index (χ0v) is 12.7. The van der Waals surface area contributed by atoms with Crippen LogP contribution in [-0.2, 0) is 0 Å². The molecule has 3 rings (SSSR count). The molecule has 0 radical (unpaired) electrons. The molecular weight excluding hydrogens is 296 g/mol. The Balaban J connectivity index is 1.54. The fourth-order valence-electron chi connectivity index (χ4n) is 2.31. The van der Waals surface area contributed by atoms with E-state index in [0.717, 1.165) is 11.0 Å². The number of para-hydroxylation sites is 1. The number of benzene rings is 1. The van der Waals surface area contributed by atoms with E-state index in [1.807, 2.05) is 37.3 Å². The van der Waals surface area contributed by atoms with Crippen LogP contribution in [0.2, 0.25) is 0 Å². The lowest BCUT2D eigenvalue weighted by Crippen LogP contribution is -2.38. The van der Waals surface area contributed by atoms with Gasteiger partial charge in [0.05, 0.1) is 18.8 Å². The van der Waals surface area contributed by atoms with Gasteiger partial charge in [-0.25, -0.2) is 4.79 Å². The number of rotatable bonds is 5. The van der Waals surface area contributed by atoms with Crippen molar-refractivity contribution in [2.45, 2.75) is 19.1 Å². The van der Waals surface area contributed by atoms with Crippen LogP contribution >= 0.6 is 0 Å². The Hall–Kier alpha value is -2.73. The Labute approximate surface area is 133 Å². The van der Waals surface area contributed by atoms with Gasteiger partial charge in [-0.05, 0) is 31.2 Å². The Morgan fingerprint density at radius 1 is 1.22 bits per heavy atom. The van der Waals surface area contributed by atoms with Gasteiger partial charge in [-0.3, -0.25) is 0 Å². The molecule has 3 N–H and O–H groups in total. The van der Waals surface area contributed by atoms with Gasteiger partial charge in [-0.2, -0.15) is 0 Å². The van der Waals surface area contributed by atoms with Gasteiger partial charge in [0.25, 0.3) is 0 Å². The highest BCUT2D eigenvalue weighted by Crippen LogP contribution is 2.23. The van der Waals surface area contributed by atoms with Gasteiger partial charge in [0, 0.05) is 5.39 Å². The Morgan fingerprint density at radius 2 is 2.04 bits per heavy atom. The maximum Gasteiger partial charge on any atom is 0.315 e. The van der Waals surface area contributed by atoms with Gasteiger partial charge >= 0.3 is 6.03 Å². The summed E-state index contributed by atoms with van der Waals surface area (Å²) < 4.78 is 10.8. The summed E-state index contributed by atoms with van der Waals surface area (Å²) in [5, 5.41) is 16.2. The minimum Gasteiger partial charge on any atom is -0.467 e. The monoisotopic (exact) mass is 314 g/mol. The first-order chi connectivity index (χ1) is 11.1. The molecule has 6 heteroatoms. The van der Waals surface area contributed by atoms with Gasteiger partial charge in [0.2, 0.25) is 0 Å². The van der Waals surface area contributed by atoms with E-state index in [1.54, 1.807) is 12.1 Å². The standard InChI is InChI=1S/C17H18N2O4/c1-11(16-9-12-5-2-3-6-14(12)23-16)19-17(21)18-10-13(20)15-7-4-8-22-15/h2-9,11,13,20H,10H2,1H3,(H2,18,19,21). The number of nitrogens with one attached hydrogen (secondary N) is 2. The first-order valence-corrected chi connectivity index (χ1v) is 7.38. The van der Waals surface area contributed by atoms with Crippen LogP contribution in [0.15, 0.2) is 57.6 Å². The van der Waals surface area contributed by atoms with Crippen LogP contribution in [0.25, 0.3) is 11.0 Å². The zero-order chi connectivity index (χ0) is 16.2. The molecule has 120 valence electrons. The summed E-state index contributed by atoms with van der Waals surface area (Å²) >= 11 is 0. The van der Waals surface area contributed by atoms with E-state index in [4.69, 9.17) is 8.83 Å². The van der Waals surface area contributed by atoms with Crippen molar-refractivity contribution in [1.82, 2.24) is 10.6 Å². The molecule has 0 aliphatic carbocycles. The molecule has 23 heavy (non-hydrogen) atoms. The molecule has 0 aliphatic rings. The lowest BCUT2D eigenvalue weighted by Gasteiger charge is -2.14. The second-order valence-electron chi connectivity index (χ2n) is 5.29. The Morgan fingerprint density at radius 3 is 2.78 bits per heavy atom. The third-order valence-electron chi connectivity index (χ3n) is 3.55. The molecule has 2 atom stereocenters. The molecule has 1 aromatic carbocycles. The number of carbonyl (C=O) groups is 1. The van der Waals surface area contributed by atoms with Crippen molar-refractivity contribution in [1.29, 1.82) is 0 Å². The van der Waals surface area contributed by atoms with Gasteiger partial charge in [0.1, 0.15) is 23.2 Å². The summed E-state index contributed by atoms with van der Waals surface area (Å²) in [6, 6.07) is 12.2. The lowest BCUT2D eigenvalue weighted by atomic mass is 10.2. The maximum absolute atomic E-state index is 11.9. The van der Waals surface area contributed by atoms with Gasteiger partial charge < -0.3 is 24.6 Å². The van der Waals surface area contributed by atoms with Gasteiger partial charge in [-0.15, -0.1) is 0 Å². The highest BCUT2D eigenvalue weighted by Gasteiger charge is 2.16. The highest BCUT2D eigenvalue weighted by atomic mass is 16.4. The molecule has 0 saturated carbocycles. The van der Waals surface area contributed by atoms with E-state index in [9.17, 15) is 9.90 Å². The lowest BCUT2D eigenvalue weighted by molar-refractivity contribution is 0.147. The molecule has 0 saturated heterocycles. The number of hydrogen-bond acceptors (Lipinski definition) is 4. The molecule has 2 unspecified atom stereocenters. The van der Waals surface area contributed by atoms with Crippen LogP contribution in [0.3, 0.4) is 0 Å². The van der Waals surface area contributed by atoms with Crippen LogP contribution < -0.4 is 10.6 Å². The SMILES string of the molecule is CC(NC(=O)NCC(O)c1ccco1)c1cc2ccccc2o1. The number of hydrogen-bond donors (Lipinski definition) is 3. The van der Waals surface area contributed by atoms with Crippen molar-refractivity contribution in [3.8, 4) is 0 Å². The molecule has 0 fully saturated rings. The zero-order valence-electron chi connectivity index (χ0n) is 12.7. The second kappa shape index (κ2) is 6.58. The van der Waals surface area contributed by atoms with E-state index < -0.39 is 6.10 Å². The summed E-state index contributed by atoms with van der Waals surface area (Å²) in [6.07, 6.45) is 0.597. The molecule has 2 amide bonds. The second-order valence-corrected chi connectivity index (χ2v) is 5.29. The van der Waals surface area contributed by atoms with Crippen LogP contribution in [-0.4, -0.2) is 17.7 Å². The van der Waals surface area contributed by atoms with E-state index in [2.05, 4.69) is 10.6 Å². The van der Waals surface area contributed by atoms with Crippen molar-refractivity contribution in [2.24, 2.45) is 0 Å². The van der Waals surface area contributed by atoms with Crippen molar-refractivity contribution in [2.75, 3.05) is 6.54 Å². The molecular formula is C17H18N2O4. The average molecular weight is 314 g/mol. The Kier molecular flexibility index (Phi) is 4.34.